The van der Waals surface area contributed by atoms with Crippen LogP contribution in [0.15, 0.2) is 30.3 Å². The number of hydrogen-bond donors (Lipinski definition) is 1. The van der Waals surface area contributed by atoms with Crippen LogP contribution in [0.3, 0.4) is 0 Å². The first-order chi connectivity index (χ1) is 13.9. The van der Waals surface area contributed by atoms with Crippen molar-refractivity contribution in [3.8, 4) is 6.07 Å². The average molecular weight is 451 g/mol. The topological polar surface area (TPSA) is 73.2 Å². The Kier molecular flexibility index (Phi) is 7.02. The third kappa shape index (κ3) is 5.22. The fraction of sp³-hybridized carbons (Fsp3) is 0.286. The van der Waals surface area contributed by atoms with Gasteiger partial charge in [0.2, 0.25) is 11.8 Å². The predicted molar refractivity (Wildman–Crippen MR) is 116 cm³/mol. The first-order valence-electron chi connectivity index (χ1n) is 9.17. The highest BCUT2D eigenvalue weighted by atomic mass is 35.5. The van der Waals surface area contributed by atoms with Crippen LogP contribution in [0.4, 0.5) is 11.4 Å². The highest BCUT2D eigenvalue weighted by molar-refractivity contribution is 6.37. The molecule has 1 aliphatic heterocycles. The van der Waals surface area contributed by atoms with Crippen LogP contribution in [0.5, 0.6) is 0 Å². The lowest BCUT2D eigenvalue weighted by Gasteiger charge is -2.30. The molecule has 2 aromatic carbocycles. The van der Waals surface area contributed by atoms with Gasteiger partial charge in [-0.1, -0.05) is 34.8 Å². The Morgan fingerprint density at radius 1 is 1.10 bits per heavy atom. The molecule has 2 amide bonds. The molecule has 0 atom stereocenters. The standard InChI is InChI=1S/C21H18Cl3N3O2/c22-15-10-14-3-2-8-27(21(14)17(24)11-15)20(29)5-1-4-19(28)26-18-7-6-13(12-25)9-16(18)23/h6-7,9-11H,1-5,8H2,(H,26,28). The van der Waals surface area contributed by atoms with Crippen LogP contribution >= 0.6 is 34.8 Å². The quantitative estimate of drug-likeness (QED) is 0.643. The molecule has 1 aliphatic rings. The van der Waals surface area contributed by atoms with Crippen molar-refractivity contribution in [1.29, 1.82) is 5.26 Å². The minimum absolute atomic E-state index is 0.0700. The molecular weight excluding hydrogens is 433 g/mol. The molecule has 3 rings (SSSR count). The summed E-state index contributed by atoms with van der Waals surface area (Å²) in [5.74, 6) is -0.312. The Labute approximate surface area is 184 Å². The zero-order chi connectivity index (χ0) is 21.0. The van der Waals surface area contributed by atoms with Gasteiger partial charge in [0.1, 0.15) is 0 Å². The van der Waals surface area contributed by atoms with Crippen LogP contribution in [-0.4, -0.2) is 18.4 Å². The van der Waals surface area contributed by atoms with Crippen molar-refractivity contribution in [2.75, 3.05) is 16.8 Å². The average Bonchev–Trinajstić information content (AvgIpc) is 2.68. The number of anilines is 2. The number of aryl methyl sites for hydroxylation is 1. The number of nitrogens with zero attached hydrogens (tertiary/aromatic N) is 2. The zero-order valence-electron chi connectivity index (χ0n) is 15.5. The molecule has 8 heteroatoms. The number of rotatable bonds is 5. The Morgan fingerprint density at radius 3 is 2.62 bits per heavy atom. The van der Waals surface area contributed by atoms with Crippen LogP contribution in [0.25, 0.3) is 0 Å². The Balaban J connectivity index is 1.56. The van der Waals surface area contributed by atoms with E-state index in [1.54, 1.807) is 23.1 Å². The second-order valence-corrected chi connectivity index (χ2v) is 8.00. The van der Waals surface area contributed by atoms with Gasteiger partial charge >= 0.3 is 0 Å². The molecule has 0 bridgehead atoms. The number of halogens is 3. The predicted octanol–water partition coefficient (Wildman–Crippen LogP) is 5.61. The van der Waals surface area contributed by atoms with E-state index < -0.39 is 0 Å². The summed E-state index contributed by atoms with van der Waals surface area (Å²) in [6, 6.07) is 10.1. The molecule has 29 heavy (non-hydrogen) atoms. The third-order valence-electron chi connectivity index (χ3n) is 4.67. The lowest BCUT2D eigenvalue weighted by atomic mass is 10.0. The van der Waals surface area contributed by atoms with E-state index in [9.17, 15) is 9.59 Å². The fourth-order valence-corrected chi connectivity index (χ4v) is 4.20. The summed E-state index contributed by atoms with van der Waals surface area (Å²) >= 11 is 18.5. The van der Waals surface area contributed by atoms with Crippen molar-refractivity contribution >= 4 is 58.0 Å². The van der Waals surface area contributed by atoms with Crippen LogP contribution in [0, 0.1) is 11.3 Å². The molecule has 1 heterocycles. The van der Waals surface area contributed by atoms with Gasteiger partial charge in [0.15, 0.2) is 0 Å². The van der Waals surface area contributed by atoms with Crippen LogP contribution in [-0.2, 0) is 16.0 Å². The highest BCUT2D eigenvalue weighted by Crippen LogP contribution is 2.37. The molecule has 0 saturated heterocycles. The van der Waals surface area contributed by atoms with Gasteiger partial charge in [-0.3, -0.25) is 9.59 Å². The lowest BCUT2D eigenvalue weighted by Crippen LogP contribution is -2.35. The second kappa shape index (κ2) is 9.49. The SMILES string of the molecule is N#Cc1ccc(NC(=O)CCCC(=O)N2CCCc3cc(Cl)cc(Cl)c32)c(Cl)c1. The number of fused-ring (bicyclic) bond motifs is 1. The summed E-state index contributed by atoms with van der Waals surface area (Å²) in [4.78, 5) is 26.6. The largest absolute Gasteiger partial charge is 0.325 e. The summed E-state index contributed by atoms with van der Waals surface area (Å²) in [5, 5.41) is 12.9. The molecule has 1 N–H and O–H groups in total. The lowest BCUT2D eigenvalue weighted by molar-refractivity contribution is -0.119. The molecule has 0 spiro atoms. The van der Waals surface area contributed by atoms with Gasteiger partial charge in [0, 0.05) is 24.4 Å². The number of carbonyl (C=O) groups excluding carboxylic acids is 2. The number of hydrogen-bond acceptors (Lipinski definition) is 3. The normalized spacial score (nSPS) is 12.8. The maximum Gasteiger partial charge on any atom is 0.227 e. The Hall–Kier alpha value is -2.26. The van der Waals surface area contributed by atoms with E-state index in [4.69, 9.17) is 40.1 Å². The van der Waals surface area contributed by atoms with Crippen molar-refractivity contribution in [2.45, 2.75) is 32.1 Å². The zero-order valence-corrected chi connectivity index (χ0v) is 17.7. The molecule has 0 unspecified atom stereocenters. The summed E-state index contributed by atoms with van der Waals surface area (Å²) in [6.45, 7) is 0.597. The summed E-state index contributed by atoms with van der Waals surface area (Å²) in [6.07, 6.45) is 2.47. The van der Waals surface area contributed by atoms with Crippen LogP contribution < -0.4 is 10.2 Å². The molecule has 0 saturated carbocycles. The summed E-state index contributed by atoms with van der Waals surface area (Å²) in [7, 11) is 0. The first kappa shape index (κ1) is 21.4. The van der Waals surface area contributed by atoms with E-state index in [1.807, 2.05) is 12.1 Å². The van der Waals surface area contributed by atoms with E-state index in [-0.39, 0.29) is 24.7 Å². The third-order valence-corrected chi connectivity index (χ3v) is 5.49. The van der Waals surface area contributed by atoms with Gasteiger partial charge < -0.3 is 10.2 Å². The monoisotopic (exact) mass is 449 g/mol. The Morgan fingerprint density at radius 2 is 1.90 bits per heavy atom. The van der Waals surface area contributed by atoms with E-state index in [0.717, 1.165) is 24.1 Å². The minimum Gasteiger partial charge on any atom is -0.325 e. The van der Waals surface area contributed by atoms with E-state index in [2.05, 4.69) is 5.32 Å². The number of nitriles is 1. The van der Waals surface area contributed by atoms with Gasteiger partial charge in [0.25, 0.3) is 0 Å². The number of carbonyl (C=O) groups is 2. The summed E-state index contributed by atoms with van der Waals surface area (Å²) < 4.78 is 0. The number of benzene rings is 2. The van der Waals surface area contributed by atoms with Crippen molar-refractivity contribution < 1.29 is 9.59 Å². The van der Waals surface area contributed by atoms with Crippen molar-refractivity contribution in [2.24, 2.45) is 0 Å². The second-order valence-electron chi connectivity index (χ2n) is 6.75. The maximum atomic E-state index is 12.7. The minimum atomic E-state index is -0.242. The summed E-state index contributed by atoms with van der Waals surface area (Å²) in [5.41, 5.74) is 2.55. The fourth-order valence-electron chi connectivity index (χ4n) is 3.33. The number of nitrogens with one attached hydrogen (secondary N) is 1. The van der Waals surface area contributed by atoms with Gasteiger partial charge in [-0.25, -0.2) is 0 Å². The van der Waals surface area contributed by atoms with Crippen LogP contribution in [0.2, 0.25) is 15.1 Å². The first-order valence-corrected chi connectivity index (χ1v) is 10.3. The maximum absolute atomic E-state index is 12.7. The van der Waals surface area contributed by atoms with Gasteiger partial charge in [0.05, 0.1) is 33.1 Å². The van der Waals surface area contributed by atoms with Gasteiger partial charge in [-0.05, 0) is 55.2 Å². The van der Waals surface area contributed by atoms with Crippen molar-refractivity contribution in [3.63, 3.8) is 0 Å². The molecule has 5 nitrogen and oxygen atoms in total. The molecule has 0 radical (unpaired) electrons. The molecular formula is C21H18Cl3N3O2. The molecule has 0 aromatic heterocycles. The van der Waals surface area contributed by atoms with Gasteiger partial charge in [-0.2, -0.15) is 5.26 Å². The molecule has 0 aliphatic carbocycles. The van der Waals surface area contributed by atoms with E-state index in [0.29, 0.717) is 39.3 Å². The van der Waals surface area contributed by atoms with E-state index in [1.165, 1.54) is 6.07 Å². The smallest absolute Gasteiger partial charge is 0.227 e. The van der Waals surface area contributed by atoms with Crippen molar-refractivity contribution in [3.05, 3.63) is 56.5 Å². The van der Waals surface area contributed by atoms with Gasteiger partial charge in [-0.15, -0.1) is 0 Å². The molecule has 2 aromatic rings. The van der Waals surface area contributed by atoms with Crippen molar-refractivity contribution in [1.82, 2.24) is 0 Å². The highest BCUT2D eigenvalue weighted by Gasteiger charge is 2.25. The molecule has 150 valence electrons. The van der Waals surface area contributed by atoms with E-state index >= 15 is 0 Å². The number of amides is 2. The molecule has 0 fully saturated rings. The Bertz CT molecular complexity index is 1000. The van der Waals surface area contributed by atoms with Crippen LogP contribution in [0.1, 0.15) is 36.8 Å².